The molecule has 1 aromatic heterocycles. The van der Waals surface area contributed by atoms with Crippen LogP contribution in [-0.4, -0.2) is 14.8 Å². The minimum atomic E-state index is -0.282. The molecule has 0 spiro atoms. The lowest BCUT2D eigenvalue weighted by Gasteiger charge is -2.07. The van der Waals surface area contributed by atoms with Crippen molar-refractivity contribution in [1.82, 2.24) is 14.8 Å². The van der Waals surface area contributed by atoms with Gasteiger partial charge in [0.1, 0.15) is 18.2 Å². The van der Waals surface area contributed by atoms with Crippen molar-refractivity contribution >= 4 is 11.8 Å². The van der Waals surface area contributed by atoms with Crippen LogP contribution in [0, 0.1) is 12.7 Å². The molecule has 0 unspecified atom stereocenters. The summed E-state index contributed by atoms with van der Waals surface area (Å²) in [5.74, 6) is 1.89. The van der Waals surface area contributed by atoms with E-state index in [0.29, 0.717) is 12.4 Å². The summed E-state index contributed by atoms with van der Waals surface area (Å²) in [5, 5.41) is 9.23. The molecule has 2 aromatic carbocycles. The number of hydrogen-bond acceptors (Lipinski definition) is 4. The molecule has 24 heavy (non-hydrogen) atoms. The van der Waals surface area contributed by atoms with Crippen molar-refractivity contribution in [2.45, 2.75) is 24.4 Å². The highest BCUT2D eigenvalue weighted by Crippen LogP contribution is 2.22. The number of aromatic nitrogens is 3. The van der Waals surface area contributed by atoms with Crippen molar-refractivity contribution in [2.24, 2.45) is 7.05 Å². The third-order valence-electron chi connectivity index (χ3n) is 3.56. The average molecular weight is 343 g/mol. The molecule has 0 bridgehead atoms. The van der Waals surface area contributed by atoms with Gasteiger partial charge in [-0.1, -0.05) is 41.6 Å². The Hall–Kier alpha value is -2.34. The molecule has 0 fully saturated rings. The number of hydrogen-bond donors (Lipinski definition) is 0. The molecular formula is C18H18FN3OS. The molecular weight excluding hydrogens is 325 g/mol. The van der Waals surface area contributed by atoms with E-state index < -0.39 is 0 Å². The van der Waals surface area contributed by atoms with Crippen LogP contribution in [0.5, 0.6) is 5.75 Å². The van der Waals surface area contributed by atoms with Crippen molar-refractivity contribution in [2.75, 3.05) is 0 Å². The van der Waals surface area contributed by atoms with Crippen LogP contribution in [0.1, 0.15) is 17.0 Å². The molecule has 0 saturated carbocycles. The summed E-state index contributed by atoms with van der Waals surface area (Å²) in [6.45, 7) is 2.38. The van der Waals surface area contributed by atoms with Crippen LogP contribution in [0.3, 0.4) is 0 Å². The van der Waals surface area contributed by atoms with Crippen LogP contribution >= 0.6 is 11.8 Å². The first-order chi connectivity index (χ1) is 11.6. The number of halogens is 1. The van der Waals surface area contributed by atoms with Crippen molar-refractivity contribution in [3.8, 4) is 5.75 Å². The van der Waals surface area contributed by atoms with Gasteiger partial charge in [-0.3, -0.25) is 0 Å². The second-order valence-corrected chi connectivity index (χ2v) is 6.42. The molecule has 0 aliphatic carbocycles. The van der Waals surface area contributed by atoms with Crippen LogP contribution in [0.15, 0.2) is 53.7 Å². The number of rotatable bonds is 6. The van der Waals surface area contributed by atoms with Crippen LogP contribution in [0.25, 0.3) is 0 Å². The van der Waals surface area contributed by atoms with Gasteiger partial charge in [-0.2, -0.15) is 0 Å². The zero-order chi connectivity index (χ0) is 16.9. The molecule has 0 amide bonds. The van der Waals surface area contributed by atoms with E-state index in [1.165, 1.54) is 23.3 Å². The topological polar surface area (TPSA) is 39.9 Å². The van der Waals surface area contributed by atoms with E-state index in [-0.39, 0.29) is 5.82 Å². The van der Waals surface area contributed by atoms with Crippen molar-refractivity contribution in [3.05, 3.63) is 71.3 Å². The van der Waals surface area contributed by atoms with Gasteiger partial charge in [-0.25, -0.2) is 4.39 Å². The van der Waals surface area contributed by atoms with Crippen molar-refractivity contribution < 1.29 is 9.13 Å². The maximum Gasteiger partial charge on any atom is 0.191 e. The lowest BCUT2D eigenvalue weighted by molar-refractivity contribution is 0.290. The third kappa shape index (κ3) is 4.14. The van der Waals surface area contributed by atoms with Gasteiger partial charge in [0.25, 0.3) is 0 Å². The molecule has 0 aliphatic rings. The summed E-state index contributed by atoms with van der Waals surface area (Å²) in [6.07, 6.45) is 0. The number of thioether (sulfide) groups is 1. The fourth-order valence-electron chi connectivity index (χ4n) is 2.22. The SMILES string of the molecule is Cc1cccc(CSc2nnc(COc3ccc(F)cc3)n2C)c1. The Bertz CT molecular complexity index is 817. The van der Waals surface area contributed by atoms with Gasteiger partial charge in [0, 0.05) is 12.8 Å². The lowest BCUT2D eigenvalue weighted by Crippen LogP contribution is -2.04. The molecule has 124 valence electrons. The van der Waals surface area contributed by atoms with E-state index in [0.717, 1.165) is 16.7 Å². The summed E-state index contributed by atoms with van der Waals surface area (Å²) in [4.78, 5) is 0. The van der Waals surface area contributed by atoms with Crippen LogP contribution in [-0.2, 0) is 19.4 Å². The van der Waals surface area contributed by atoms with Crippen molar-refractivity contribution in [3.63, 3.8) is 0 Å². The maximum atomic E-state index is 12.9. The molecule has 6 heteroatoms. The molecule has 0 aliphatic heterocycles. The smallest absolute Gasteiger partial charge is 0.191 e. The Morgan fingerprint density at radius 3 is 2.67 bits per heavy atom. The predicted octanol–water partition coefficient (Wildman–Crippen LogP) is 4.13. The van der Waals surface area contributed by atoms with Gasteiger partial charge in [0.2, 0.25) is 0 Å². The van der Waals surface area contributed by atoms with Crippen molar-refractivity contribution in [1.29, 1.82) is 0 Å². The number of ether oxygens (including phenoxy) is 1. The molecule has 0 N–H and O–H groups in total. The van der Waals surface area contributed by atoms with E-state index in [4.69, 9.17) is 4.74 Å². The molecule has 3 aromatic rings. The lowest BCUT2D eigenvalue weighted by atomic mass is 10.2. The van der Waals surface area contributed by atoms with Gasteiger partial charge in [-0.05, 0) is 36.8 Å². The summed E-state index contributed by atoms with van der Waals surface area (Å²) < 4.78 is 20.4. The molecule has 1 heterocycles. The number of aryl methyl sites for hydroxylation is 1. The minimum absolute atomic E-state index is 0.282. The van der Waals surface area contributed by atoms with E-state index >= 15 is 0 Å². The van der Waals surface area contributed by atoms with E-state index in [2.05, 4.69) is 41.4 Å². The van der Waals surface area contributed by atoms with Crippen LogP contribution in [0.2, 0.25) is 0 Å². The Balaban J connectivity index is 1.60. The standard InChI is InChI=1S/C18H18FN3OS/c1-13-4-3-5-14(10-13)12-24-18-21-20-17(22(18)2)11-23-16-8-6-15(19)7-9-16/h3-10H,11-12H2,1-2H3. The highest BCUT2D eigenvalue weighted by Gasteiger charge is 2.10. The normalized spacial score (nSPS) is 10.8. The number of benzene rings is 2. The summed E-state index contributed by atoms with van der Waals surface area (Å²) in [5.41, 5.74) is 2.51. The summed E-state index contributed by atoms with van der Waals surface area (Å²) in [6, 6.07) is 14.4. The fourth-order valence-corrected chi connectivity index (χ4v) is 3.10. The highest BCUT2D eigenvalue weighted by molar-refractivity contribution is 7.98. The first-order valence-corrected chi connectivity index (χ1v) is 8.55. The van der Waals surface area contributed by atoms with Crippen LogP contribution in [0.4, 0.5) is 4.39 Å². The van der Waals surface area contributed by atoms with E-state index in [9.17, 15) is 4.39 Å². The minimum Gasteiger partial charge on any atom is -0.486 e. The van der Waals surface area contributed by atoms with Gasteiger partial charge in [0.15, 0.2) is 11.0 Å². The van der Waals surface area contributed by atoms with Gasteiger partial charge >= 0.3 is 0 Å². The fraction of sp³-hybridized carbons (Fsp3) is 0.222. The largest absolute Gasteiger partial charge is 0.486 e. The molecule has 0 saturated heterocycles. The van der Waals surface area contributed by atoms with E-state index in [1.807, 2.05) is 11.6 Å². The zero-order valence-electron chi connectivity index (χ0n) is 13.6. The Labute approximate surface area is 144 Å². The Morgan fingerprint density at radius 1 is 1.12 bits per heavy atom. The summed E-state index contributed by atoms with van der Waals surface area (Å²) >= 11 is 1.64. The highest BCUT2D eigenvalue weighted by atomic mass is 32.2. The molecule has 0 atom stereocenters. The van der Waals surface area contributed by atoms with E-state index in [1.54, 1.807) is 23.9 Å². The first-order valence-electron chi connectivity index (χ1n) is 7.57. The maximum absolute atomic E-state index is 12.9. The molecule has 4 nitrogen and oxygen atoms in total. The molecule has 3 rings (SSSR count). The Morgan fingerprint density at radius 2 is 1.92 bits per heavy atom. The second kappa shape index (κ2) is 7.49. The molecule has 0 radical (unpaired) electrons. The van der Waals surface area contributed by atoms with Gasteiger partial charge < -0.3 is 9.30 Å². The average Bonchev–Trinajstić information content (AvgIpc) is 2.93. The second-order valence-electron chi connectivity index (χ2n) is 5.48. The first kappa shape index (κ1) is 16.5. The predicted molar refractivity (Wildman–Crippen MR) is 92.5 cm³/mol. The number of nitrogens with zero attached hydrogens (tertiary/aromatic N) is 3. The Kier molecular flexibility index (Phi) is 5.15. The third-order valence-corrected chi connectivity index (χ3v) is 4.65. The van der Waals surface area contributed by atoms with Gasteiger partial charge in [0.05, 0.1) is 0 Å². The van der Waals surface area contributed by atoms with Crippen LogP contribution < -0.4 is 4.74 Å². The zero-order valence-corrected chi connectivity index (χ0v) is 14.4. The summed E-state index contributed by atoms with van der Waals surface area (Å²) in [7, 11) is 1.92. The van der Waals surface area contributed by atoms with Gasteiger partial charge in [-0.15, -0.1) is 10.2 Å². The monoisotopic (exact) mass is 343 g/mol. The quantitative estimate of drug-likeness (QED) is 0.631.